The van der Waals surface area contributed by atoms with Gasteiger partial charge in [-0.05, 0) is 24.3 Å². The number of hydrogen-bond acceptors (Lipinski definition) is 4. The van der Waals surface area contributed by atoms with Crippen LogP contribution in [0.4, 0.5) is 8.78 Å². The molecule has 1 amide bonds. The summed E-state index contributed by atoms with van der Waals surface area (Å²) in [4.78, 5) is 16.4. The normalized spacial score (nSPS) is 11.8. The number of aliphatic hydroxyl groups excluding tert-OH is 1. The number of para-hydroxylation sites is 1. The second-order valence-electron chi connectivity index (χ2n) is 4.62. The topological polar surface area (TPSA) is 67.8 Å². The number of halogens is 2. The number of ether oxygens (including phenoxy) is 1. The van der Waals surface area contributed by atoms with Gasteiger partial charge in [-0.3, -0.25) is 9.63 Å². The highest BCUT2D eigenvalue weighted by atomic mass is 19.2. The second kappa shape index (κ2) is 8.21. The molecule has 1 unspecified atom stereocenters. The molecule has 0 radical (unpaired) electrons. The van der Waals surface area contributed by atoms with Gasteiger partial charge in [-0.2, -0.15) is 0 Å². The van der Waals surface area contributed by atoms with Crippen molar-refractivity contribution in [1.82, 2.24) is 5.48 Å². The zero-order valence-corrected chi connectivity index (χ0v) is 12.0. The number of nitrogens with one attached hydrogen (secondary N) is 1. The summed E-state index contributed by atoms with van der Waals surface area (Å²) in [6, 6.07) is 12.1. The largest absolute Gasteiger partial charge is 0.491 e. The molecule has 0 aliphatic carbocycles. The van der Waals surface area contributed by atoms with E-state index in [2.05, 4.69) is 0 Å². The Bertz CT molecular complexity index is 652. The quantitative estimate of drug-likeness (QED) is 0.766. The molecule has 0 aliphatic heterocycles. The molecule has 0 aliphatic rings. The van der Waals surface area contributed by atoms with E-state index in [0.717, 1.165) is 12.1 Å². The van der Waals surface area contributed by atoms with Crippen LogP contribution in [0.15, 0.2) is 48.5 Å². The molecule has 0 spiro atoms. The highest BCUT2D eigenvalue weighted by molar-refractivity contribution is 5.93. The van der Waals surface area contributed by atoms with Crippen LogP contribution in [0, 0.1) is 11.6 Å². The fourth-order valence-corrected chi connectivity index (χ4v) is 1.69. The standard InChI is InChI=1S/C16H15F2NO4/c17-14-8-4-7-13(15(14)18)16(21)19-23-10-11(20)9-22-12-5-2-1-3-6-12/h1-8,11,20H,9-10H2,(H,19,21). The first kappa shape index (κ1) is 16.9. The maximum Gasteiger partial charge on any atom is 0.277 e. The molecule has 2 aromatic carbocycles. The molecule has 23 heavy (non-hydrogen) atoms. The van der Waals surface area contributed by atoms with E-state index in [1.165, 1.54) is 6.07 Å². The number of aliphatic hydroxyl groups is 1. The Labute approximate surface area is 131 Å². The summed E-state index contributed by atoms with van der Waals surface area (Å²) in [7, 11) is 0. The van der Waals surface area contributed by atoms with Crippen LogP contribution in [0.3, 0.4) is 0 Å². The van der Waals surface area contributed by atoms with Crippen molar-refractivity contribution >= 4 is 5.91 Å². The fourth-order valence-electron chi connectivity index (χ4n) is 1.69. The maximum absolute atomic E-state index is 13.4. The van der Waals surface area contributed by atoms with Crippen molar-refractivity contribution < 1.29 is 28.3 Å². The average molecular weight is 323 g/mol. The van der Waals surface area contributed by atoms with Gasteiger partial charge in [0.15, 0.2) is 11.6 Å². The molecule has 0 fully saturated rings. The lowest BCUT2D eigenvalue weighted by Gasteiger charge is -2.13. The average Bonchev–Trinajstić information content (AvgIpc) is 2.56. The SMILES string of the molecule is O=C(NOCC(O)COc1ccccc1)c1cccc(F)c1F. The third kappa shape index (κ3) is 5.01. The lowest BCUT2D eigenvalue weighted by Crippen LogP contribution is -2.31. The number of benzene rings is 2. The molecule has 1 atom stereocenters. The Morgan fingerprint density at radius 1 is 1.09 bits per heavy atom. The Morgan fingerprint density at radius 3 is 2.57 bits per heavy atom. The molecule has 2 rings (SSSR count). The predicted molar refractivity (Wildman–Crippen MR) is 77.7 cm³/mol. The predicted octanol–water partition coefficient (Wildman–Crippen LogP) is 2.07. The zero-order valence-electron chi connectivity index (χ0n) is 12.0. The van der Waals surface area contributed by atoms with Gasteiger partial charge in [-0.1, -0.05) is 24.3 Å². The molecule has 7 heteroatoms. The number of carbonyl (C=O) groups excluding carboxylic acids is 1. The van der Waals surface area contributed by atoms with Crippen LogP contribution in [0.5, 0.6) is 5.75 Å². The van der Waals surface area contributed by atoms with Crippen LogP contribution < -0.4 is 10.2 Å². The van der Waals surface area contributed by atoms with Crippen LogP contribution in [0.1, 0.15) is 10.4 Å². The van der Waals surface area contributed by atoms with Crippen LogP contribution in [-0.4, -0.2) is 30.3 Å². The summed E-state index contributed by atoms with van der Waals surface area (Å²) >= 11 is 0. The number of amides is 1. The van der Waals surface area contributed by atoms with Gasteiger partial charge in [0.25, 0.3) is 5.91 Å². The summed E-state index contributed by atoms with van der Waals surface area (Å²) in [5.41, 5.74) is 1.45. The van der Waals surface area contributed by atoms with Crippen molar-refractivity contribution in [2.75, 3.05) is 13.2 Å². The maximum atomic E-state index is 13.4. The van der Waals surface area contributed by atoms with E-state index in [4.69, 9.17) is 9.57 Å². The van der Waals surface area contributed by atoms with E-state index in [9.17, 15) is 18.7 Å². The van der Waals surface area contributed by atoms with E-state index in [1.807, 2.05) is 11.5 Å². The van der Waals surface area contributed by atoms with Gasteiger partial charge in [0, 0.05) is 0 Å². The molecule has 2 N–H and O–H groups in total. The third-order valence-corrected chi connectivity index (χ3v) is 2.82. The lowest BCUT2D eigenvalue weighted by molar-refractivity contribution is -0.0261. The number of rotatable bonds is 7. The van der Waals surface area contributed by atoms with Crippen molar-refractivity contribution in [3.63, 3.8) is 0 Å². The summed E-state index contributed by atoms with van der Waals surface area (Å²) in [5.74, 6) is -2.76. The molecule has 0 saturated heterocycles. The van der Waals surface area contributed by atoms with E-state index < -0.39 is 29.2 Å². The molecular weight excluding hydrogens is 308 g/mol. The van der Waals surface area contributed by atoms with Crippen LogP contribution in [0.2, 0.25) is 0 Å². The van der Waals surface area contributed by atoms with Gasteiger partial charge in [0.2, 0.25) is 0 Å². The lowest BCUT2D eigenvalue weighted by atomic mass is 10.2. The summed E-state index contributed by atoms with van der Waals surface area (Å²) in [5, 5.41) is 9.66. The first-order valence-electron chi connectivity index (χ1n) is 6.80. The van der Waals surface area contributed by atoms with Gasteiger partial charge < -0.3 is 9.84 Å². The van der Waals surface area contributed by atoms with E-state index in [-0.39, 0.29) is 13.2 Å². The van der Waals surface area contributed by atoms with Crippen molar-refractivity contribution in [2.45, 2.75) is 6.10 Å². The molecule has 0 aromatic heterocycles. The molecule has 0 saturated carbocycles. The molecular formula is C16H15F2NO4. The fraction of sp³-hybridized carbons (Fsp3) is 0.188. The number of hydroxylamine groups is 1. The zero-order chi connectivity index (χ0) is 16.7. The van der Waals surface area contributed by atoms with Crippen molar-refractivity contribution in [3.05, 3.63) is 65.7 Å². The monoisotopic (exact) mass is 323 g/mol. The minimum absolute atomic E-state index is 0.0474. The number of hydrogen-bond donors (Lipinski definition) is 2. The summed E-state index contributed by atoms with van der Waals surface area (Å²) in [6.45, 7) is -0.316. The van der Waals surface area contributed by atoms with Crippen LogP contribution >= 0.6 is 0 Å². The van der Waals surface area contributed by atoms with E-state index >= 15 is 0 Å². The number of carbonyl (C=O) groups is 1. The molecule has 122 valence electrons. The summed E-state index contributed by atoms with van der Waals surface area (Å²) < 4.78 is 31.7. The second-order valence-corrected chi connectivity index (χ2v) is 4.62. The molecule has 2 aromatic rings. The Balaban J connectivity index is 1.74. The van der Waals surface area contributed by atoms with Gasteiger partial charge in [-0.15, -0.1) is 0 Å². The first-order valence-corrected chi connectivity index (χ1v) is 6.80. The smallest absolute Gasteiger partial charge is 0.277 e. The minimum Gasteiger partial charge on any atom is -0.491 e. The highest BCUT2D eigenvalue weighted by Gasteiger charge is 2.15. The Morgan fingerprint density at radius 2 is 1.83 bits per heavy atom. The van der Waals surface area contributed by atoms with Crippen molar-refractivity contribution in [3.8, 4) is 5.75 Å². The van der Waals surface area contributed by atoms with E-state index in [1.54, 1.807) is 24.3 Å². The molecule has 5 nitrogen and oxygen atoms in total. The first-order chi connectivity index (χ1) is 11.1. The molecule has 0 heterocycles. The minimum atomic E-state index is -1.26. The Hall–Kier alpha value is -2.51. The van der Waals surface area contributed by atoms with Gasteiger partial charge in [-0.25, -0.2) is 14.3 Å². The van der Waals surface area contributed by atoms with Gasteiger partial charge >= 0.3 is 0 Å². The van der Waals surface area contributed by atoms with Gasteiger partial charge in [0.1, 0.15) is 25.1 Å². The van der Waals surface area contributed by atoms with Crippen LogP contribution in [0.25, 0.3) is 0 Å². The summed E-state index contributed by atoms with van der Waals surface area (Å²) in [6.07, 6.45) is -1.01. The van der Waals surface area contributed by atoms with Crippen LogP contribution in [-0.2, 0) is 4.84 Å². The van der Waals surface area contributed by atoms with Crippen molar-refractivity contribution in [2.24, 2.45) is 0 Å². The van der Waals surface area contributed by atoms with Crippen molar-refractivity contribution in [1.29, 1.82) is 0 Å². The van der Waals surface area contributed by atoms with E-state index in [0.29, 0.717) is 5.75 Å². The Kier molecular flexibility index (Phi) is 6.02. The highest BCUT2D eigenvalue weighted by Crippen LogP contribution is 2.11. The third-order valence-electron chi connectivity index (χ3n) is 2.82. The molecule has 0 bridgehead atoms. The van der Waals surface area contributed by atoms with Gasteiger partial charge in [0.05, 0.1) is 5.56 Å².